The smallest absolute Gasteiger partial charge is 0.253 e. The van der Waals surface area contributed by atoms with Crippen molar-refractivity contribution in [1.29, 1.82) is 0 Å². The summed E-state index contributed by atoms with van der Waals surface area (Å²) in [5.41, 5.74) is 3.34. The average Bonchev–Trinajstić information content (AvgIpc) is 2.85. The molecule has 34 heavy (non-hydrogen) atoms. The molecule has 2 amide bonds. The Morgan fingerprint density at radius 1 is 0.824 bits per heavy atom. The van der Waals surface area contributed by atoms with Crippen LogP contribution in [0.2, 0.25) is 0 Å². The summed E-state index contributed by atoms with van der Waals surface area (Å²) >= 11 is 0. The number of piperazine rings is 1. The van der Waals surface area contributed by atoms with Gasteiger partial charge in [0.2, 0.25) is 5.91 Å². The summed E-state index contributed by atoms with van der Waals surface area (Å²) in [7, 11) is -3.69. The molecule has 4 rings (SSSR count). The molecule has 0 saturated carbocycles. The molecule has 7 nitrogen and oxygen atoms in total. The Morgan fingerprint density at radius 2 is 1.44 bits per heavy atom. The SMILES string of the molecule is Cc1ccc(C(=O)N2CCN(c3ccc(NC(=O)CS(=O)(=O)c4ccccc4)cc3)CC2)cc1. The molecule has 0 radical (unpaired) electrons. The summed E-state index contributed by atoms with van der Waals surface area (Å²) in [5, 5.41) is 2.65. The summed E-state index contributed by atoms with van der Waals surface area (Å²) in [6, 6.07) is 22.8. The third kappa shape index (κ3) is 5.63. The van der Waals surface area contributed by atoms with Crippen LogP contribution in [0.15, 0.2) is 83.8 Å². The lowest BCUT2D eigenvalue weighted by Crippen LogP contribution is -2.48. The van der Waals surface area contributed by atoms with Gasteiger partial charge in [0.15, 0.2) is 9.84 Å². The Morgan fingerprint density at radius 3 is 2.06 bits per heavy atom. The van der Waals surface area contributed by atoms with Gasteiger partial charge in [0, 0.05) is 43.1 Å². The van der Waals surface area contributed by atoms with Crippen molar-refractivity contribution in [2.24, 2.45) is 0 Å². The van der Waals surface area contributed by atoms with Crippen molar-refractivity contribution >= 4 is 33.0 Å². The van der Waals surface area contributed by atoms with E-state index in [1.807, 2.05) is 48.2 Å². The van der Waals surface area contributed by atoms with Crippen LogP contribution in [0.25, 0.3) is 0 Å². The van der Waals surface area contributed by atoms with Crippen molar-refractivity contribution < 1.29 is 18.0 Å². The Labute approximate surface area is 199 Å². The molecule has 8 heteroatoms. The first-order valence-corrected chi connectivity index (χ1v) is 12.8. The van der Waals surface area contributed by atoms with Gasteiger partial charge < -0.3 is 15.1 Å². The first-order chi connectivity index (χ1) is 16.3. The van der Waals surface area contributed by atoms with Crippen LogP contribution in [0.3, 0.4) is 0 Å². The zero-order valence-electron chi connectivity index (χ0n) is 19.0. The minimum absolute atomic E-state index is 0.0446. The van der Waals surface area contributed by atoms with Crippen LogP contribution in [-0.2, 0) is 14.6 Å². The molecule has 1 saturated heterocycles. The monoisotopic (exact) mass is 477 g/mol. The van der Waals surface area contributed by atoms with Crippen molar-refractivity contribution in [3.63, 3.8) is 0 Å². The Hall–Kier alpha value is -3.65. The molecular weight excluding hydrogens is 450 g/mol. The molecular formula is C26H27N3O4S. The highest BCUT2D eigenvalue weighted by Crippen LogP contribution is 2.21. The molecule has 0 aromatic heterocycles. The van der Waals surface area contributed by atoms with Gasteiger partial charge in [-0.15, -0.1) is 0 Å². The third-order valence-corrected chi connectivity index (χ3v) is 7.44. The first-order valence-electron chi connectivity index (χ1n) is 11.1. The largest absolute Gasteiger partial charge is 0.368 e. The highest BCUT2D eigenvalue weighted by atomic mass is 32.2. The number of nitrogens with zero attached hydrogens (tertiary/aromatic N) is 2. The van der Waals surface area contributed by atoms with Crippen LogP contribution in [-0.4, -0.2) is 57.1 Å². The molecule has 1 N–H and O–H groups in total. The highest BCUT2D eigenvalue weighted by molar-refractivity contribution is 7.92. The van der Waals surface area contributed by atoms with Gasteiger partial charge in [-0.1, -0.05) is 35.9 Å². The Bertz CT molecular complexity index is 1250. The topological polar surface area (TPSA) is 86.8 Å². The minimum Gasteiger partial charge on any atom is -0.368 e. The number of hydrogen-bond acceptors (Lipinski definition) is 5. The minimum atomic E-state index is -3.69. The van der Waals surface area contributed by atoms with Gasteiger partial charge in [-0.05, 0) is 55.5 Å². The molecule has 3 aromatic carbocycles. The van der Waals surface area contributed by atoms with E-state index in [4.69, 9.17) is 0 Å². The zero-order valence-corrected chi connectivity index (χ0v) is 19.8. The molecule has 0 aliphatic carbocycles. The van der Waals surface area contributed by atoms with Crippen molar-refractivity contribution in [2.75, 3.05) is 42.1 Å². The standard InChI is InChI=1S/C26H27N3O4S/c1-20-7-9-21(10-8-20)26(31)29-17-15-28(16-18-29)23-13-11-22(12-14-23)27-25(30)19-34(32,33)24-5-3-2-4-6-24/h2-14H,15-19H2,1H3,(H,27,30). The molecule has 0 spiro atoms. The predicted octanol–water partition coefficient (Wildman–Crippen LogP) is 3.37. The van der Waals surface area contributed by atoms with E-state index in [0.717, 1.165) is 11.3 Å². The van der Waals surface area contributed by atoms with Crippen molar-refractivity contribution in [3.05, 3.63) is 90.0 Å². The number of hydrogen-bond donors (Lipinski definition) is 1. The van der Waals surface area contributed by atoms with Crippen LogP contribution < -0.4 is 10.2 Å². The second kappa shape index (κ2) is 10.1. The van der Waals surface area contributed by atoms with Gasteiger partial charge in [-0.2, -0.15) is 0 Å². The first kappa shape index (κ1) is 23.5. The molecule has 1 aliphatic heterocycles. The normalized spacial score (nSPS) is 14.0. The maximum Gasteiger partial charge on any atom is 0.253 e. The fraction of sp³-hybridized carbons (Fsp3) is 0.231. The highest BCUT2D eigenvalue weighted by Gasteiger charge is 2.23. The Balaban J connectivity index is 1.30. The van der Waals surface area contributed by atoms with Gasteiger partial charge >= 0.3 is 0 Å². The van der Waals surface area contributed by atoms with Crippen LogP contribution in [0, 0.1) is 6.92 Å². The number of amides is 2. The van der Waals surface area contributed by atoms with Crippen molar-refractivity contribution in [3.8, 4) is 0 Å². The number of carbonyl (C=O) groups is 2. The lowest BCUT2D eigenvalue weighted by atomic mass is 10.1. The lowest BCUT2D eigenvalue weighted by molar-refractivity contribution is -0.113. The molecule has 3 aromatic rings. The summed E-state index contributed by atoms with van der Waals surface area (Å²) in [6.07, 6.45) is 0. The summed E-state index contributed by atoms with van der Waals surface area (Å²) < 4.78 is 24.8. The second-order valence-electron chi connectivity index (χ2n) is 8.31. The van der Waals surface area contributed by atoms with E-state index in [-0.39, 0.29) is 10.8 Å². The quantitative estimate of drug-likeness (QED) is 0.588. The van der Waals surface area contributed by atoms with Crippen LogP contribution >= 0.6 is 0 Å². The summed E-state index contributed by atoms with van der Waals surface area (Å²) in [4.78, 5) is 29.2. The maximum atomic E-state index is 12.7. The van der Waals surface area contributed by atoms with E-state index < -0.39 is 21.5 Å². The predicted molar refractivity (Wildman–Crippen MR) is 133 cm³/mol. The number of benzene rings is 3. The number of carbonyl (C=O) groups excluding carboxylic acids is 2. The third-order valence-electron chi connectivity index (χ3n) is 5.81. The summed E-state index contributed by atoms with van der Waals surface area (Å²) in [5.74, 6) is -1.15. The van der Waals surface area contributed by atoms with Gasteiger partial charge in [0.1, 0.15) is 5.75 Å². The molecule has 1 aliphatic rings. The van der Waals surface area contributed by atoms with Crippen LogP contribution in [0.4, 0.5) is 11.4 Å². The van der Waals surface area contributed by atoms with E-state index in [1.165, 1.54) is 12.1 Å². The fourth-order valence-corrected chi connectivity index (χ4v) is 5.04. The fourth-order valence-electron chi connectivity index (χ4n) is 3.88. The van der Waals surface area contributed by atoms with E-state index in [2.05, 4.69) is 10.2 Å². The molecule has 1 fully saturated rings. The van der Waals surface area contributed by atoms with Gasteiger partial charge in [0.05, 0.1) is 4.90 Å². The van der Waals surface area contributed by atoms with E-state index in [1.54, 1.807) is 30.3 Å². The number of anilines is 2. The van der Waals surface area contributed by atoms with E-state index >= 15 is 0 Å². The van der Waals surface area contributed by atoms with Crippen LogP contribution in [0.1, 0.15) is 15.9 Å². The number of aryl methyl sites for hydroxylation is 1. The molecule has 0 unspecified atom stereocenters. The van der Waals surface area contributed by atoms with Gasteiger partial charge in [-0.25, -0.2) is 8.42 Å². The second-order valence-corrected chi connectivity index (χ2v) is 10.3. The molecule has 1 heterocycles. The molecule has 176 valence electrons. The van der Waals surface area contributed by atoms with Crippen molar-refractivity contribution in [2.45, 2.75) is 11.8 Å². The average molecular weight is 478 g/mol. The van der Waals surface area contributed by atoms with E-state index in [9.17, 15) is 18.0 Å². The number of nitrogens with one attached hydrogen (secondary N) is 1. The zero-order chi connectivity index (χ0) is 24.1. The Kier molecular flexibility index (Phi) is 6.98. The van der Waals surface area contributed by atoms with Gasteiger partial charge in [0.25, 0.3) is 5.91 Å². The number of rotatable bonds is 6. The molecule has 0 bridgehead atoms. The van der Waals surface area contributed by atoms with Gasteiger partial charge in [-0.3, -0.25) is 9.59 Å². The maximum absolute atomic E-state index is 12.7. The van der Waals surface area contributed by atoms with Crippen LogP contribution in [0.5, 0.6) is 0 Å². The lowest BCUT2D eigenvalue weighted by Gasteiger charge is -2.36. The number of sulfone groups is 1. The van der Waals surface area contributed by atoms with E-state index in [0.29, 0.717) is 37.4 Å². The van der Waals surface area contributed by atoms with Crippen molar-refractivity contribution in [1.82, 2.24) is 4.90 Å². The summed E-state index contributed by atoms with van der Waals surface area (Å²) in [6.45, 7) is 4.67. The molecule has 0 atom stereocenters.